The lowest BCUT2D eigenvalue weighted by atomic mass is 9.88. The van der Waals surface area contributed by atoms with Gasteiger partial charge in [-0.25, -0.2) is 0 Å². The van der Waals surface area contributed by atoms with Gasteiger partial charge in [-0.05, 0) is 38.0 Å². The largest absolute Gasteiger partial charge is 0.394 e. The van der Waals surface area contributed by atoms with Gasteiger partial charge in [0.05, 0.1) is 6.61 Å². The molecule has 0 bridgehead atoms. The van der Waals surface area contributed by atoms with Crippen LogP contribution in [0.1, 0.15) is 90.4 Å². The minimum absolute atomic E-state index is 0.0392. The number of hydrogen-bond acceptors (Lipinski definition) is 2. The molecule has 20 heavy (non-hydrogen) atoms. The molecule has 2 fully saturated rings. The minimum Gasteiger partial charge on any atom is -0.394 e. The molecule has 0 radical (unpaired) electrons. The Morgan fingerprint density at radius 2 is 1.70 bits per heavy atom. The highest BCUT2D eigenvalue weighted by Gasteiger charge is 2.34. The second-order valence-electron chi connectivity index (χ2n) is 7.36. The van der Waals surface area contributed by atoms with Crippen molar-refractivity contribution in [1.29, 1.82) is 0 Å². The van der Waals surface area contributed by atoms with Crippen molar-refractivity contribution in [1.82, 2.24) is 5.32 Å². The first-order chi connectivity index (χ1) is 9.78. The van der Waals surface area contributed by atoms with Gasteiger partial charge in [0.1, 0.15) is 0 Å². The first-order valence-corrected chi connectivity index (χ1v) is 9.16. The van der Waals surface area contributed by atoms with Gasteiger partial charge >= 0.3 is 0 Å². The lowest BCUT2D eigenvalue weighted by Crippen LogP contribution is -2.52. The van der Waals surface area contributed by atoms with Gasteiger partial charge in [-0.1, -0.05) is 58.3 Å². The van der Waals surface area contributed by atoms with Crippen LogP contribution >= 0.6 is 0 Å². The van der Waals surface area contributed by atoms with Crippen LogP contribution in [0.3, 0.4) is 0 Å². The van der Waals surface area contributed by atoms with Crippen molar-refractivity contribution in [3.05, 3.63) is 0 Å². The van der Waals surface area contributed by atoms with Gasteiger partial charge in [0.2, 0.25) is 0 Å². The van der Waals surface area contributed by atoms with Crippen LogP contribution in [0, 0.1) is 5.92 Å². The molecular weight excluding hydrogens is 246 g/mol. The quantitative estimate of drug-likeness (QED) is 0.732. The maximum atomic E-state index is 10.0. The Bertz CT molecular complexity index is 260. The van der Waals surface area contributed by atoms with E-state index in [4.69, 9.17) is 0 Å². The zero-order valence-corrected chi connectivity index (χ0v) is 13.5. The molecule has 0 aliphatic heterocycles. The average Bonchev–Trinajstić information content (AvgIpc) is 2.82. The van der Waals surface area contributed by atoms with Crippen molar-refractivity contribution in [3.8, 4) is 0 Å². The molecule has 0 heterocycles. The average molecular weight is 281 g/mol. The van der Waals surface area contributed by atoms with Crippen molar-refractivity contribution >= 4 is 0 Å². The summed E-state index contributed by atoms with van der Waals surface area (Å²) in [5.74, 6) is 0.907. The Kier molecular flexibility index (Phi) is 6.83. The van der Waals surface area contributed by atoms with Crippen LogP contribution in [0.5, 0.6) is 0 Å². The van der Waals surface area contributed by atoms with E-state index < -0.39 is 0 Å². The standard InChI is InChI=1S/C18H35NO/c1-2-8-16-9-7-13-18(15-20,14-12-16)19-17-10-5-3-4-6-11-17/h16-17,19-20H,2-15H2,1H3. The normalized spacial score (nSPS) is 33.6. The number of aliphatic hydroxyl groups is 1. The topological polar surface area (TPSA) is 32.3 Å². The molecule has 2 atom stereocenters. The summed E-state index contributed by atoms with van der Waals surface area (Å²) < 4.78 is 0. The zero-order chi connectivity index (χ0) is 14.3. The highest BCUT2D eigenvalue weighted by atomic mass is 16.3. The van der Waals surface area contributed by atoms with Crippen LogP contribution < -0.4 is 5.32 Å². The van der Waals surface area contributed by atoms with Crippen LogP contribution in [-0.2, 0) is 0 Å². The summed E-state index contributed by atoms with van der Waals surface area (Å²) in [6, 6.07) is 0.660. The molecule has 0 amide bonds. The number of hydrogen-bond donors (Lipinski definition) is 2. The molecule has 2 nitrogen and oxygen atoms in total. The third-order valence-corrected chi connectivity index (χ3v) is 5.66. The highest BCUT2D eigenvalue weighted by Crippen LogP contribution is 2.33. The molecule has 0 saturated heterocycles. The van der Waals surface area contributed by atoms with E-state index in [-0.39, 0.29) is 5.54 Å². The summed E-state index contributed by atoms with van der Waals surface area (Å²) in [7, 11) is 0. The van der Waals surface area contributed by atoms with E-state index in [1.54, 1.807) is 0 Å². The van der Waals surface area contributed by atoms with E-state index in [0.717, 1.165) is 5.92 Å². The summed E-state index contributed by atoms with van der Waals surface area (Å²) >= 11 is 0. The lowest BCUT2D eigenvalue weighted by molar-refractivity contribution is 0.126. The first-order valence-electron chi connectivity index (χ1n) is 9.16. The van der Waals surface area contributed by atoms with E-state index in [0.29, 0.717) is 12.6 Å². The summed E-state index contributed by atoms with van der Waals surface area (Å²) in [4.78, 5) is 0. The van der Waals surface area contributed by atoms with Crippen LogP contribution in [0.4, 0.5) is 0 Å². The molecular formula is C18H35NO. The van der Waals surface area contributed by atoms with Gasteiger partial charge in [-0.15, -0.1) is 0 Å². The fourth-order valence-corrected chi connectivity index (χ4v) is 4.38. The van der Waals surface area contributed by atoms with Gasteiger partial charge in [0.15, 0.2) is 0 Å². The Morgan fingerprint density at radius 1 is 0.950 bits per heavy atom. The predicted molar refractivity (Wildman–Crippen MR) is 85.9 cm³/mol. The summed E-state index contributed by atoms with van der Waals surface area (Å²) in [6.07, 6.45) is 17.2. The third kappa shape index (κ3) is 4.73. The van der Waals surface area contributed by atoms with Gasteiger partial charge in [-0.3, -0.25) is 0 Å². The van der Waals surface area contributed by atoms with Gasteiger partial charge in [-0.2, -0.15) is 0 Å². The van der Waals surface area contributed by atoms with Gasteiger partial charge < -0.3 is 10.4 Å². The van der Waals surface area contributed by atoms with Gasteiger partial charge in [0.25, 0.3) is 0 Å². The summed E-state index contributed by atoms with van der Waals surface area (Å²) in [6.45, 7) is 2.64. The second kappa shape index (κ2) is 8.38. The fraction of sp³-hybridized carbons (Fsp3) is 1.00. The third-order valence-electron chi connectivity index (χ3n) is 5.66. The zero-order valence-electron chi connectivity index (χ0n) is 13.5. The van der Waals surface area contributed by atoms with Crippen LogP contribution in [0.15, 0.2) is 0 Å². The molecule has 2 unspecified atom stereocenters. The SMILES string of the molecule is CCCC1CCCC(CO)(NC2CCCCCC2)CC1. The van der Waals surface area contributed by atoms with Gasteiger partial charge in [0, 0.05) is 11.6 Å². The molecule has 2 heteroatoms. The molecule has 0 aromatic heterocycles. The van der Waals surface area contributed by atoms with Crippen molar-refractivity contribution in [3.63, 3.8) is 0 Å². The molecule has 118 valence electrons. The summed E-state index contributed by atoms with van der Waals surface area (Å²) in [5, 5.41) is 13.9. The van der Waals surface area contributed by atoms with Crippen LogP contribution in [0.25, 0.3) is 0 Å². The molecule has 0 aromatic rings. The molecule has 2 rings (SSSR count). The molecule has 2 N–H and O–H groups in total. The van der Waals surface area contributed by atoms with E-state index in [1.165, 1.54) is 83.5 Å². The number of nitrogens with one attached hydrogen (secondary N) is 1. The van der Waals surface area contributed by atoms with Crippen LogP contribution in [0.2, 0.25) is 0 Å². The molecule has 0 spiro atoms. The molecule has 0 aromatic carbocycles. The molecule has 2 aliphatic carbocycles. The van der Waals surface area contributed by atoms with Crippen molar-refractivity contribution in [2.24, 2.45) is 5.92 Å². The maximum Gasteiger partial charge on any atom is 0.0613 e. The Morgan fingerprint density at radius 3 is 2.35 bits per heavy atom. The molecule has 2 aliphatic rings. The Balaban J connectivity index is 1.90. The predicted octanol–water partition coefficient (Wildman–Crippen LogP) is 4.41. The second-order valence-corrected chi connectivity index (χ2v) is 7.36. The van der Waals surface area contributed by atoms with E-state index >= 15 is 0 Å². The van der Waals surface area contributed by atoms with E-state index in [1.807, 2.05) is 0 Å². The lowest BCUT2D eigenvalue weighted by Gasteiger charge is -2.36. The number of aliphatic hydroxyl groups excluding tert-OH is 1. The van der Waals surface area contributed by atoms with E-state index in [2.05, 4.69) is 12.2 Å². The Labute approximate surface area is 125 Å². The smallest absolute Gasteiger partial charge is 0.0613 e. The monoisotopic (exact) mass is 281 g/mol. The number of rotatable bonds is 5. The van der Waals surface area contributed by atoms with Crippen LogP contribution in [-0.4, -0.2) is 23.3 Å². The van der Waals surface area contributed by atoms with E-state index in [9.17, 15) is 5.11 Å². The fourth-order valence-electron chi connectivity index (χ4n) is 4.38. The Hall–Kier alpha value is -0.0800. The summed E-state index contributed by atoms with van der Waals surface area (Å²) in [5.41, 5.74) is 0.0392. The van der Waals surface area contributed by atoms with Crippen molar-refractivity contribution in [2.75, 3.05) is 6.61 Å². The van der Waals surface area contributed by atoms with Crippen molar-refractivity contribution in [2.45, 2.75) is 102 Å². The first kappa shape index (κ1) is 16.3. The maximum absolute atomic E-state index is 10.0. The van der Waals surface area contributed by atoms with Crippen molar-refractivity contribution < 1.29 is 5.11 Å². The highest BCUT2D eigenvalue weighted by molar-refractivity contribution is 4.93. The minimum atomic E-state index is 0.0392. The molecule has 2 saturated carbocycles.